The number of hydrogen-bond acceptors (Lipinski definition) is 6. The molecule has 2 heterocycles. The minimum atomic E-state index is -0.526. The van der Waals surface area contributed by atoms with Crippen LogP contribution in [0.2, 0.25) is 0 Å². The van der Waals surface area contributed by atoms with Crippen molar-refractivity contribution >= 4 is 50.5 Å². The molecule has 0 bridgehead atoms. The van der Waals surface area contributed by atoms with Crippen LogP contribution >= 0.6 is 39.0 Å². The van der Waals surface area contributed by atoms with Gasteiger partial charge in [0.1, 0.15) is 11.6 Å². The fourth-order valence-electron chi connectivity index (χ4n) is 4.50. The lowest BCUT2D eigenvalue weighted by Crippen LogP contribution is -2.42. The number of thiophene rings is 1. The highest BCUT2D eigenvalue weighted by Crippen LogP contribution is 2.52. The molecule has 0 amide bonds. The Labute approximate surface area is 204 Å². The van der Waals surface area contributed by atoms with Crippen LogP contribution in [0.4, 0.5) is 10.1 Å². The zero-order chi connectivity index (χ0) is 23.2. The SMILES string of the molecule is CCSc1ccsc1[C@@H]1C(C#N)=C(N)N(c2ccc(Br)cc2F)C2=C1C(=O)CC(C)(C)C2. The number of benzene rings is 1. The topological polar surface area (TPSA) is 70.1 Å². The van der Waals surface area contributed by atoms with Crippen LogP contribution in [0.3, 0.4) is 0 Å². The molecule has 0 saturated carbocycles. The number of carbonyl (C=O) groups is 1. The Balaban J connectivity index is 2.01. The molecule has 0 unspecified atom stereocenters. The molecule has 1 aliphatic heterocycles. The molecule has 2 aliphatic rings. The number of halogens is 2. The van der Waals surface area contributed by atoms with Crippen LogP contribution in [0.25, 0.3) is 0 Å². The first kappa shape index (κ1) is 23.1. The minimum absolute atomic E-state index is 0.00938. The van der Waals surface area contributed by atoms with Crippen LogP contribution in [0.1, 0.15) is 44.4 Å². The molecule has 1 atom stereocenters. The van der Waals surface area contributed by atoms with Gasteiger partial charge < -0.3 is 5.73 Å². The van der Waals surface area contributed by atoms with Gasteiger partial charge in [-0.25, -0.2) is 4.39 Å². The Hall–Kier alpha value is -2.08. The normalized spacial score (nSPS) is 20.4. The van der Waals surface area contributed by atoms with Crippen LogP contribution in [-0.2, 0) is 4.79 Å². The number of rotatable bonds is 4. The van der Waals surface area contributed by atoms with Crippen molar-refractivity contribution in [1.82, 2.24) is 0 Å². The van der Waals surface area contributed by atoms with Gasteiger partial charge in [-0.2, -0.15) is 5.26 Å². The summed E-state index contributed by atoms with van der Waals surface area (Å²) in [5.41, 5.74) is 8.08. The molecule has 0 spiro atoms. The number of nitrogens with zero attached hydrogens (tertiary/aromatic N) is 2. The zero-order valence-electron chi connectivity index (χ0n) is 18.0. The maximum atomic E-state index is 15.1. The number of allylic oxidation sites excluding steroid dienone is 3. The van der Waals surface area contributed by atoms with Gasteiger partial charge in [0.25, 0.3) is 0 Å². The van der Waals surface area contributed by atoms with Crippen molar-refractivity contribution in [1.29, 1.82) is 5.26 Å². The van der Waals surface area contributed by atoms with E-state index >= 15 is 4.39 Å². The predicted octanol–water partition coefficient (Wildman–Crippen LogP) is 6.70. The molecule has 0 fully saturated rings. The summed E-state index contributed by atoms with van der Waals surface area (Å²) in [7, 11) is 0. The average Bonchev–Trinajstić information content (AvgIpc) is 3.15. The van der Waals surface area contributed by atoms with E-state index in [1.807, 2.05) is 25.3 Å². The highest BCUT2D eigenvalue weighted by molar-refractivity contribution is 9.10. The van der Waals surface area contributed by atoms with E-state index < -0.39 is 11.7 Å². The molecular formula is C24H23BrFN3OS2. The Morgan fingerprint density at radius 1 is 1.38 bits per heavy atom. The quantitative estimate of drug-likeness (QED) is 0.444. The molecule has 2 aromatic rings. The van der Waals surface area contributed by atoms with Gasteiger partial charge in [0.05, 0.1) is 23.2 Å². The molecule has 1 aromatic carbocycles. The summed E-state index contributed by atoms with van der Waals surface area (Å²) in [6, 6.07) is 9.01. The average molecular weight is 533 g/mol. The maximum absolute atomic E-state index is 15.1. The first-order valence-electron chi connectivity index (χ1n) is 10.3. The molecule has 1 aliphatic carbocycles. The van der Waals surface area contributed by atoms with Crippen molar-refractivity contribution in [3.05, 3.63) is 67.5 Å². The van der Waals surface area contributed by atoms with E-state index in [4.69, 9.17) is 5.73 Å². The Morgan fingerprint density at radius 2 is 2.12 bits per heavy atom. The van der Waals surface area contributed by atoms with Gasteiger partial charge >= 0.3 is 0 Å². The van der Waals surface area contributed by atoms with Crippen LogP contribution < -0.4 is 10.6 Å². The Kier molecular flexibility index (Phi) is 6.27. The van der Waals surface area contributed by atoms with Gasteiger partial charge in [-0.3, -0.25) is 9.69 Å². The Morgan fingerprint density at radius 3 is 2.78 bits per heavy atom. The fourth-order valence-corrected chi connectivity index (χ4v) is 6.89. The molecule has 166 valence electrons. The third-order valence-corrected chi connectivity index (χ3v) is 8.31. The standard InChI is InChI=1S/C24H23BrFN3OS2/c1-4-31-19-7-8-32-22(19)20-14(12-27)23(28)29(16-6-5-13(25)9-15(16)26)17-10-24(2,3)11-18(30)21(17)20/h5-9,20H,4,10-11,28H2,1-3H3/t20-/m1/s1. The highest BCUT2D eigenvalue weighted by Gasteiger charge is 2.46. The fraction of sp³-hybridized carbons (Fsp3) is 0.333. The number of Topliss-reactive ketones (excluding diaryl/α,β-unsaturated/α-hetero) is 1. The summed E-state index contributed by atoms with van der Waals surface area (Å²) >= 11 is 6.51. The van der Waals surface area contributed by atoms with Gasteiger partial charge in [-0.1, -0.05) is 36.7 Å². The van der Waals surface area contributed by atoms with E-state index in [1.165, 1.54) is 17.4 Å². The maximum Gasteiger partial charge on any atom is 0.162 e. The number of nitriles is 1. The van der Waals surface area contributed by atoms with Crippen LogP contribution in [-0.4, -0.2) is 11.5 Å². The van der Waals surface area contributed by atoms with Gasteiger partial charge in [0, 0.05) is 31.9 Å². The van der Waals surface area contributed by atoms with Crippen molar-refractivity contribution in [2.45, 2.75) is 44.4 Å². The summed E-state index contributed by atoms with van der Waals surface area (Å²) in [5.74, 6) is 0.0517. The second-order valence-electron chi connectivity index (χ2n) is 8.66. The number of ketones is 1. The summed E-state index contributed by atoms with van der Waals surface area (Å²) in [5, 5.41) is 12.1. The summed E-state index contributed by atoms with van der Waals surface area (Å²) in [6.45, 7) is 6.13. The molecule has 0 radical (unpaired) electrons. The van der Waals surface area contributed by atoms with Gasteiger partial charge in [0.15, 0.2) is 5.78 Å². The summed E-state index contributed by atoms with van der Waals surface area (Å²) in [4.78, 5) is 17.1. The molecular weight excluding hydrogens is 509 g/mol. The predicted molar refractivity (Wildman–Crippen MR) is 132 cm³/mol. The first-order valence-corrected chi connectivity index (χ1v) is 13.0. The van der Waals surface area contributed by atoms with Gasteiger partial charge in [-0.15, -0.1) is 23.1 Å². The van der Waals surface area contributed by atoms with E-state index in [9.17, 15) is 10.1 Å². The number of thioether (sulfide) groups is 1. The molecule has 2 N–H and O–H groups in total. The van der Waals surface area contributed by atoms with E-state index in [1.54, 1.807) is 28.8 Å². The highest BCUT2D eigenvalue weighted by atomic mass is 79.9. The number of anilines is 1. The van der Waals surface area contributed by atoms with Crippen molar-refractivity contribution < 1.29 is 9.18 Å². The van der Waals surface area contributed by atoms with Crippen LogP contribution in [0.5, 0.6) is 0 Å². The second-order valence-corrected chi connectivity index (χ2v) is 11.8. The number of nitrogens with two attached hydrogens (primary N) is 1. The van der Waals surface area contributed by atoms with Crippen molar-refractivity contribution in [2.24, 2.45) is 11.1 Å². The third-order valence-electron chi connectivity index (χ3n) is 5.75. The van der Waals surface area contributed by atoms with E-state index in [-0.39, 0.29) is 22.7 Å². The Bertz CT molecular complexity index is 1210. The van der Waals surface area contributed by atoms with Crippen LogP contribution in [0, 0.1) is 22.6 Å². The molecule has 0 saturated heterocycles. The van der Waals surface area contributed by atoms with Gasteiger partial charge in [0.2, 0.25) is 0 Å². The molecule has 8 heteroatoms. The van der Waals surface area contributed by atoms with Crippen molar-refractivity contribution in [2.75, 3.05) is 10.7 Å². The lowest BCUT2D eigenvalue weighted by atomic mass is 9.69. The number of carbonyl (C=O) groups excluding carboxylic acids is 1. The smallest absolute Gasteiger partial charge is 0.162 e. The minimum Gasteiger partial charge on any atom is -0.384 e. The molecule has 4 nitrogen and oxygen atoms in total. The lowest BCUT2D eigenvalue weighted by Gasteiger charge is -2.43. The number of hydrogen-bond donors (Lipinski definition) is 1. The zero-order valence-corrected chi connectivity index (χ0v) is 21.3. The van der Waals surface area contributed by atoms with Crippen LogP contribution in [0.15, 0.2) is 61.7 Å². The molecule has 1 aromatic heterocycles. The molecule has 4 rings (SSSR count). The first-order chi connectivity index (χ1) is 15.2. The van der Waals surface area contributed by atoms with E-state index in [0.717, 1.165) is 15.5 Å². The summed E-state index contributed by atoms with van der Waals surface area (Å²) in [6.07, 6.45) is 0.931. The lowest BCUT2D eigenvalue weighted by molar-refractivity contribution is -0.118. The van der Waals surface area contributed by atoms with Crippen molar-refractivity contribution in [3.8, 4) is 6.07 Å². The second kappa shape index (κ2) is 8.69. The van der Waals surface area contributed by atoms with E-state index in [0.29, 0.717) is 34.2 Å². The largest absolute Gasteiger partial charge is 0.384 e. The summed E-state index contributed by atoms with van der Waals surface area (Å²) < 4.78 is 15.7. The third kappa shape index (κ3) is 3.91. The van der Waals surface area contributed by atoms with Gasteiger partial charge in [-0.05, 0) is 47.2 Å². The molecule has 32 heavy (non-hydrogen) atoms. The monoisotopic (exact) mass is 531 g/mol. The van der Waals surface area contributed by atoms with E-state index in [2.05, 4.69) is 28.9 Å². The van der Waals surface area contributed by atoms with Crippen molar-refractivity contribution in [3.63, 3.8) is 0 Å².